The molecule has 0 aromatic rings. The minimum absolute atomic E-state index is 0.0424. The van der Waals surface area contributed by atoms with Crippen molar-refractivity contribution in [2.24, 2.45) is 0 Å². The zero-order chi connectivity index (χ0) is 6.91. The topological polar surface area (TPSA) is 17.1 Å². The van der Waals surface area contributed by atoms with Gasteiger partial charge in [-0.3, -0.25) is 0 Å². The summed E-state index contributed by atoms with van der Waals surface area (Å²) in [5, 5.41) is 0.0424. The molecule has 0 spiro atoms. The molecule has 1 nitrogen and oxygen atoms in total. The Hall–Kier alpha value is -0.120. The van der Waals surface area contributed by atoms with Crippen LogP contribution in [0.3, 0.4) is 0 Å². The summed E-state index contributed by atoms with van der Waals surface area (Å²) in [5.74, 6) is 4.25. The lowest BCUT2D eigenvalue weighted by Gasteiger charge is -1.99. The minimum Gasteiger partial charge on any atom is -0.308 e. The first-order valence-corrected chi connectivity index (χ1v) is 6.26. The van der Waals surface area contributed by atoms with Crippen molar-refractivity contribution in [1.29, 1.82) is 0 Å². The fraction of sp³-hybridized carbons (Fsp3) is 0.333. The highest BCUT2D eigenvalue weighted by atomic mass is 32.7. The smallest absolute Gasteiger partial charge is 0.158 e. The van der Waals surface area contributed by atoms with Gasteiger partial charge in [-0.2, -0.15) is 0 Å². The van der Waals surface area contributed by atoms with E-state index in [0.717, 1.165) is 0 Å². The van der Waals surface area contributed by atoms with Crippen molar-refractivity contribution in [2.75, 3.05) is 6.66 Å². The maximum absolute atomic E-state index is 11.2. The van der Waals surface area contributed by atoms with E-state index >= 15 is 0 Å². The van der Waals surface area contributed by atoms with Crippen molar-refractivity contribution in [3.05, 3.63) is 11.9 Å². The maximum atomic E-state index is 11.2. The summed E-state index contributed by atoms with van der Waals surface area (Å²) in [7, 11) is 0. The Morgan fingerprint density at radius 3 is 2.78 bits per heavy atom. The fourth-order valence-corrected chi connectivity index (χ4v) is 4.12. The highest BCUT2D eigenvalue weighted by molar-refractivity contribution is 8.59. The molecule has 2 unspecified atom stereocenters. The van der Waals surface area contributed by atoms with Crippen LogP contribution in [0.4, 0.5) is 0 Å². The Morgan fingerprint density at radius 1 is 1.89 bits per heavy atom. The standard InChI is InChI=1S/C6H7OPS/c1-3-6-4-5-8(2,7)9-6/h1,4-6H,2H3. The van der Waals surface area contributed by atoms with Crippen molar-refractivity contribution in [3.8, 4) is 12.3 Å². The van der Waals surface area contributed by atoms with Gasteiger partial charge in [-0.25, -0.2) is 0 Å². The van der Waals surface area contributed by atoms with Gasteiger partial charge in [0.15, 0.2) is 6.34 Å². The third-order valence-electron chi connectivity index (χ3n) is 1.02. The van der Waals surface area contributed by atoms with Crippen molar-refractivity contribution in [3.63, 3.8) is 0 Å². The van der Waals surface area contributed by atoms with E-state index in [0.29, 0.717) is 0 Å². The average Bonchev–Trinajstić information content (AvgIpc) is 2.10. The quantitative estimate of drug-likeness (QED) is 0.397. The molecule has 0 aromatic carbocycles. The predicted molar refractivity (Wildman–Crippen MR) is 42.9 cm³/mol. The zero-order valence-electron chi connectivity index (χ0n) is 5.07. The summed E-state index contributed by atoms with van der Waals surface area (Å²) in [6.07, 6.45) is 4.91. The highest BCUT2D eigenvalue weighted by Crippen LogP contribution is 2.62. The van der Waals surface area contributed by atoms with Crippen LogP contribution in [-0.2, 0) is 4.57 Å². The molecule has 0 saturated heterocycles. The van der Waals surface area contributed by atoms with Crippen molar-refractivity contribution in [2.45, 2.75) is 5.25 Å². The van der Waals surface area contributed by atoms with Gasteiger partial charge >= 0.3 is 0 Å². The van der Waals surface area contributed by atoms with Crippen LogP contribution < -0.4 is 0 Å². The molecular weight excluding hydrogens is 151 g/mol. The van der Waals surface area contributed by atoms with Crippen LogP contribution in [0.25, 0.3) is 0 Å². The average molecular weight is 158 g/mol. The molecule has 0 amide bonds. The second-order valence-electron chi connectivity index (χ2n) is 1.94. The first-order valence-electron chi connectivity index (χ1n) is 2.55. The fourth-order valence-electron chi connectivity index (χ4n) is 0.616. The molecule has 3 heteroatoms. The van der Waals surface area contributed by atoms with E-state index in [-0.39, 0.29) is 5.25 Å². The van der Waals surface area contributed by atoms with E-state index in [2.05, 4.69) is 5.92 Å². The Balaban J connectivity index is 2.74. The summed E-state index contributed by atoms with van der Waals surface area (Å²) in [6, 6.07) is 0. The summed E-state index contributed by atoms with van der Waals surface area (Å²) in [6.45, 7) is 1.73. The number of hydrogen-bond acceptors (Lipinski definition) is 2. The lowest BCUT2D eigenvalue weighted by Crippen LogP contribution is -1.83. The number of rotatable bonds is 0. The van der Waals surface area contributed by atoms with Gasteiger partial charge in [0.1, 0.15) is 0 Å². The largest absolute Gasteiger partial charge is 0.308 e. The highest BCUT2D eigenvalue weighted by Gasteiger charge is 2.22. The minimum atomic E-state index is -2.02. The SMILES string of the molecule is C#CC1C=CP(C)(=O)S1. The second kappa shape index (κ2) is 2.25. The zero-order valence-corrected chi connectivity index (χ0v) is 6.78. The second-order valence-corrected chi connectivity index (χ2v) is 7.58. The molecule has 0 radical (unpaired) electrons. The van der Waals surface area contributed by atoms with Gasteiger partial charge < -0.3 is 4.57 Å². The third kappa shape index (κ3) is 1.64. The van der Waals surface area contributed by atoms with Gasteiger partial charge in [0.25, 0.3) is 0 Å². The molecule has 0 N–H and O–H groups in total. The summed E-state index contributed by atoms with van der Waals surface area (Å²) < 4.78 is 11.2. The van der Waals surface area contributed by atoms with Crippen molar-refractivity contribution >= 4 is 17.7 Å². The van der Waals surface area contributed by atoms with Crippen LogP contribution in [0.15, 0.2) is 11.9 Å². The number of hydrogen-bond donors (Lipinski definition) is 0. The van der Waals surface area contributed by atoms with Crippen LogP contribution >= 0.6 is 17.7 Å². The first-order chi connectivity index (χ1) is 4.14. The van der Waals surface area contributed by atoms with E-state index in [1.807, 2.05) is 6.08 Å². The Morgan fingerprint density at radius 2 is 2.56 bits per heavy atom. The first kappa shape index (κ1) is 6.99. The van der Waals surface area contributed by atoms with Crippen LogP contribution in [0.5, 0.6) is 0 Å². The molecule has 0 bridgehead atoms. The monoisotopic (exact) mass is 158 g/mol. The number of terminal acetylenes is 1. The lowest BCUT2D eigenvalue weighted by atomic mass is 10.4. The van der Waals surface area contributed by atoms with Gasteiger partial charge in [-0.05, 0) is 5.82 Å². The molecule has 0 aromatic heterocycles. The van der Waals surface area contributed by atoms with Gasteiger partial charge in [-0.1, -0.05) is 23.4 Å². The molecule has 0 saturated carbocycles. The van der Waals surface area contributed by atoms with Gasteiger partial charge in [0.05, 0.1) is 5.25 Å². The van der Waals surface area contributed by atoms with Gasteiger partial charge in [-0.15, -0.1) is 6.42 Å². The molecular formula is C6H7OPS. The maximum Gasteiger partial charge on any atom is 0.158 e. The summed E-state index contributed by atoms with van der Waals surface area (Å²) in [5.41, 5.74) is 0. The summed E-state index contributed by atoms with van der Waals surface area (Å²) >= 11 is 1.38. The molecule has 0 fully saturated rings. The van der Waals surface area contributed by atoms with Gasteiger partial charge in [0.2, 0.25) is 0 Å². The molecule has 1 aliphatic heterocycles. The normalized spacial score (nSPS) is 40.7. The predicted octanol–water partition coefficient (Wildman–Crippen LogP) is 2.16. The van der Waals surface area contributed by atoms with Crippen molar-refractivity contribution < 1.29 is 4.57 Å². The molecule has 1 heterocycles. The van der Waals surface area contributed by atoms with Gasteiger partial charge in [0, 0.05) is 6.66 Å². The molecule has 2 atom stereocenters. The van der Waals surface area contributed by atoms with Crippen LogP contribution in [-0.4, -0.2) is 11.9 Å². The molecule has 0 aliphatic carbocycles. The van der Waals surface area contributed by atoms with E-state index in [1.165, 1.54) is 11.4 Å². The van der Waals surface area contributed by atoms with Crippen LogP contribution in [0.2, 0.25) is 0 Å². The Kier molecular flexibility index (Phi) is 1.75. The molecule has 9 heavy (non-hydrogen) atoms. The van der Waals surface area contributed by atoms with E-state index < -0.39 is 6.34 Å². The summed E-state index contributed by atoms with van der Waals surface area (Å²) in [4.78, 5) is 0. The Bertz CT molecular complexity index is 226. The lowest BCUT2D eigenvalue weighted by molar-refractivity contribution is 0.593. The van der Waals surface area contributed by atoms with E-state index in [4.69, 9.17) is 6.42 Å². The van der Waals surface area contributed by atoms with Crippen LogP contribution in [0.1, 0.15) is 0 Å². The van der Waals surface area contributed by atoms with E-state index in [9.17, 15) is 4.57 Å². The van der Waals surface area contributed by atoms with E-state index in [1.54, 1.807) is 12.5 Å². The molecule has 1 aliphatic rings. The molecule has 1 rings (SSSR count). The van der Waals surface area contributed by atoms with Crippen molar-refractivity contribution in [1.82, 2.24) is 0 Å². The van der Waals surface area contributed by atoms with Crippen LogP contribution in [0, 0.1) is 12.3 Å². The molecule has 48 valence electrons. The Labute approximate surface area is 59.0 Å². The third-order valence-corrected chi connectivity index (χ3v) is 4.97.